The molecule has 1 fully saturated rings. The first-order valence-electron chi connectivity index (χ1n) is 6.91. The minimum atomic E-state index is -1.08. The van der Waals surface area contributed by atoms with Gasteiger partial charge in [-0.1, -0.05) is 18.7 Å². The second-order valence-electron chi connectivity index (χ2n) is 5.45. The normalized spacial score (nSPS) is 16.4. The van der Waals surface area contributed by atoms with Crippen LogP contribution >= 0.6 is 0 Å². The average molecular weight is 302 g/mol. The summed E-state index contributed by atoms with van der Waals surface area (Å²) in [6.45, 7) is 3.98. The number of hydrogen-bond acceptors (Lipinski definition) is 6. The van der Waals surface area contributed by atoms with E-state index in [1.807, 2.05) is 43.3 Å². The highest BCUT2D eigenvalue weighted by atomic mass is 16.6. The molecule has 1 saturated heterocycles. The van der Waals surface area contributed by atoms with Gasteiger partial charge >= 0.3 is 19.1 Å². The van der Waals surface area contributed by atoms with Gasteiger partial charge in [-0.05, 0) is 24.7 Å². The Morgan fingerprint density at radius 3 is 2.09 bits per heavy atom. The van der Waals surface area contributed by atoms with Crippen LogP contribution in [0.2, 0.25) is 0 Å². The van der Waals surface area contributed by atoms with E-state index in [9.17, 15) is 9.59 Å². The quantitative estimate of drug-likeness (QED) is 0.771. The predicted molar refractivity (Wildman–Crippen MR) is 85.2 cm³/mol. The third-order valence-electron chi connectivity index (χ3n) is 3.31. The zero-order valence-corrected chi connectivity index (χ0v) is 13.0. The zero-order valence-electron chi connectivity index (χ0n) is 13.0. The van der Waals surface area contributed by atoms with Crippen LogP contribution in [-0.4, -0.2) is 58.2 Å². The summed E-state index contributed by atoms with van der Waals surface area (Å²) >= 11 is 0. The van der Waals surface area contributed by atoms with E-state index in [0.717, 1.165) is 11.3 Å². The molecular formula is C15H19BN2O4. The fourth-order valence-corrected chi connectivity index (χ4v) is 2.09. The van der Waals surface area contributed by atoms with Crippen LogP contribution in [-0.2, 0) is 18.9 Å². The summed E-state index contributed by atoms with van der Waals surface area (Å²) in [5, 5.41) is 0. The Kier molecular flexibility index (Phi) is 4.87. The van der Waals surface area contributed by atoms with E-state index in [0.29, 0.717) is 5.47 Å². The molecule has 0 amide bonds. The van der Waals surface area contributed by atoms with Crippen molar-refractivity contribution < 1.29 is 18.9 Å². The topological polar surface area (TPSA) is 59.1 Å². The van der Waals surface area contributed by atoms with Gasteiger partial charge in [0.2, 0.25) is 0 Å². The van der Waals surface area contributed by atoms with Crippen molar-refractivity contribution in [3.05, 3.63) is 36.4 Å². The van der Waals surface area contributed by atoms with Gasteiger partial charge in [0.05, 0.1) is 13.1 Å². The van der Waals surface area contributed by atoms with Crippen LogP contribution in [0, 0.1) is 0 Å². The standard InChI is InChI=1S/C15H19BN2O4/c1-11(12-5-7-13(8-6-12)17(2)3)16-21-14(19)9-18(4)10-15(20)22-16/h5-8H,1,9-10H2,2-4H3. The lowest BCUT2D eigenvalue weighted by Crippen LogP contribution is -2.42. The molecule has 0 spiro atoms. The molecule has 2 rings (SSSR count). The summed E-state index contributed by atoms with van der Waals surface area (Å²) in [6.07, 6.45) is 0. The van der Waals surface area contributed by atoms with Crippen molar-refractivity contribution in [3.63, 3.8) is 0 Å². The van der Waals surface area contributed by atoms with Crippen molar-refractivity contribution in [3.8, 4) is 0 Å². The Labute approximate surface area is 130 Å². The third-order valence-corrected chi connectivity index (χ3v) is 3.31. The molecule has 1 heterocycles. The molecule has 6 nitrogen and oxygen atoms in total. The lowest BCUT2D eigenvalue weighted by atomic mass is 9.74. The third kappa shape index (κ3) is 3.88. The van der Waals surface area contributed by atoms with Gasteiger partial charge in [0.1, 0.15) is 0 Å². The molecule has 0 saturated carbocycles. The summed E-state index contributed by atoms with van der Waals surface area (Å²) < 4.78 is 10.4. The highest BCUT2D eigenvalue weighted by Crippen LogP contribution is 2.21. The zero-order chi connectivity index (χ0) is 16.3. The van der Waals surface area contributed by atoms with Gasteiger partial charge < -0.3 is 14.2 Å². The van der Waals surface area contributed by atoms with Crippen LogP contribution in [0.3, 0.4) is 0 Å². The van der Waals surface area contributed by atoms with E-state index in [1.165, 1.54) is 4.90 Å². The first-order chi connectivity index (χ1) is 10.4. The van der Waals surface area contributed by atoms with Gasteiger partial charge in [0.15, 0.2) is 0 Å². The lowest BCUT2D eigenvalue weighted by molar-refractivity contribution is -0.145. The fraction of sp³-hybridized carbons (Fsp3) is 0.333. The second kappa shape index (κ2) is 6.66. The van der Waals surface area contributed by atoms with E-state index in [2.05, 4.69) is 6.58 Å². The maximum absolute atomic E-state index is 11.7. The number of anilines is 1. The van der Waals surface area contributed by atoms with Crippen LogP contribution in [0.1, 0.15) is 5.56 Å². The summed E-state index contributed by atoms with van der Waals surface area (Å²) in [5.41, 5.74) is 2.23. The highest BCUT2D eigenvalue weighted by molar-refractivity contribution is 6.70. The molecule has 0 aliphatic carbocycles. The number of nitrogens with zero attached hydrogens (tertiary/aromatic N) is 2. The minimum Gasteiger partial charge on any atom is -0.494 e. The van der Waals surface area contributed by atoms with Crippen LogP contribution in [0.15, 0.2) is 30.8 Å². The Morgan fingerprint density at radius 2 is 1.64 bits per heavy atom. The van der Waals surface area contributed by atoms with E-state index >= 15 is 0 Å². The smallest absolute Gasteiger partial charge is 0.494 e. The van der Waals surface area contributed by atoms with Gasteiger partial charge in [-0.25, -0.2) is 0 Å². The van der Waals surface area contributed by atoms with Crippen molar-refractivity contribution in [1.82, 2.24) is 4.90 Å². The van der Waals surface area contributed by atoms with E-state index in [1.54, 1.807) is 7.05 Å². The van der Waals surface area contributed by atoms with Gasteiger partial charge in [0.25, 0.3) is 0 Å². The Hall–Kier alpha value is -2.28. The van der Waals surface area contributed by atoms with Crippen molar-refractivity contribution in [2.24, 2.45) is 0 Å². The molecule has 22 heavy (non-hydrogen) atoms. The number of hydrogen-bond donors (Lipinski definition) is 0. The number of rotatable bonds is 3. The number of benzene rings is 1. The second-order valence-corrected chi connectivity index (χ2v) is 5.45. The fourth-order valence-electron chi connectivity index (χ4n) is 2.09. The molecule has 116 valence electrons. The Morgan fingerprint density at radius 1 is 1.14 bits per heavy atom. The molecule has 1 aliphatic rings. The largest absolute Gasteiger partial charge is 0.636 e. The van der Waals surface area contributed by atoms with Crippen LogP contribution in [0.25, 0.3) is 5.47 Å². The summed E-state index contributed by atoms with van der Waals surface area (Å²) in [7, 11) is 4.45. The monoisotopic (exact) mass is 302 g/mol. The van der Waals surface area contributed by atoms with Gasteiger partial charge in [-0.3, -0.25) is 14.5 Å². The summed E-state index contributed by atoms with van der Waals surface area (Å²) in [5.74, 6) is -0.905. The molecule has 1 aliphatic heterocycles. The molecule has 0 unspecified atom stereocenters. The van der Waals surface area contributed by atoms with Gasteiger partial charge in [-0.2, -0.15) is 0 Å². The molecule has 0 radical (unpaired) electrons. The van der Waals surface area contributed by atoms with Gasteiger partial charge in [0, 0.05) is 25.3 Å². The van der Waals surface area contributed by atoms with Crippen molar-refractivity contribution >= 4 is 30.2 Å². The maximum atomic E-state index is 11.7. The summed E-state index contributed by atoms with van der Waals surface area (Å²) in [6, 6.07) is 7.54. The van der Waals surface area contributed by atoms with Crippen molar-refractivity contribution in [1.29, 1.82) is 0 Å². The molecule has 0 atom stereocenters. The molecule has 7 heteroatoms. The van der Waals surface area contributed by atoms with Gasteiger partial charge in [-0.15, -0.1) is 0 Å². The van der Waals surface area contributed by atoms with E-state index in [4.69, 9.17) is 9.31 Å². The molecule has 0 aromatic heterocycles. The lowest BCUT2D eigenvalue weighted by Gasteiger charge is -2.23. The Bertz CT molecular complexity index is 566. The first kappa shape index (κ1) is 16.1. The van der Waals surface area contributed by atoms with Crippen molar-refractivity contribution in [2.75, 3.05) is 39.1 Å². The molecule has 1 aromatic rings. The van der Waals surface area contributed by atoms with E-state index in [-0.39, 0.29) is 13.1 Å². The highest BCUT2D eigenvalue weighted by Gasteiger charge is 2.35. The number of carbonyl (C=O) groups is 2. The first-order valence-corrected chi connectivity index (χ1v) is 6.91. The predicted octanol–water partition coefficient (Wildman–Crippen LogP) is 0.825. The molecule has 0 N–H and O–H groups in total. The molecule has 1 aromatic carbocycles. The van der Waals surface area contributed by atoms with Crippen LogP contribution in [0.5, 0.6) is 0 Å². The van der Waals surface area contributed by atoms with E-state index < -0.39 is 19.1 Å². The van der Waals surface area contributed by atoms with Crippen LogP contribution in [0.4, 0.5) is 5.69 Å². The maximum Gasteiger partial charge on any atom is 0.636 e. The average Bonchev–Trinajstić information content (AvgIpc) is 2.44. The molecule has 0 bridgehead atoms. The molecular weight excluding hydrogens is 283 g/mol. The summed E-state index contributed by atoms with van der Waals surface area (Å²) in [4.78, 5) is 27.0. The Balaban J connectivity index is 2.15. The van der Waals surface area contributed by atoms with Crippen LogP contribution < -0.4 is 4.90 Å². The number of carbonyl (C=O) groups excluding carboxylic acids is 2. The van der Waals surface area contributed by atoms with Crippen molar-refractivity contribution in [2.45, 2.75) is 0 Å². The number of likely N-dealkylation sites (N-methyl/N-ethyl adjacent to an activating group) is 1. The minimum absolute atomic E-state index is 0.0401. The SMILES string of the molecule is C=C(B1OC(=O)CN(C)CC(=O)O1)c1ccc(N(C)C)cc1.